The molecule has 1 aromatic carbocycles. The maximum absolute atomic E-state index is 11.4. The molecule has 0 heterocycles. The van der Waals surface area contributed by atoms with Crippen LogP contribution < -0.4 is 9.44 Å². The fourth-order valence-corrected chi connectivity index (χ4v) is 2.15. The van der Waals surface area contributed by atoms with Crippen LogP contribution in [0.5, 0.6) is 0 Å². The van der Waals surface area contributed by atoms with E-state index in [0.29, 0.717) is 12.1 Å². The number of hydrogen-bond acceptors (Lipinski definition) is 3. The number of nitriles is 1. The van der Waals surface area contributed by atoms with Gasteiger partial charge in [0.25, 0.3) is 10.2 Å². The third-order valence-electron chi connectivity index (χ3n) is 2.06. The van der Waals surface area contributed by atoms with Crippen molar-refractivity contribution in [1.29, 1.82) is 5.26 Å². The van der Waals surface area contributed by atoms with E-state index in [9.17, 15) is 8.42 Å². The highest BCUT2D eigenvalue weighted by Gasteiger charge is 2.07. The quantitative estimate of drug-likeness (QED) is 0.790. The Bertz CT molecular complexity index is 506. The van der Waals surface area contributed by atoms with E-state index in [-0.39, 0.29) is 6.54 Å². The SMILES string of the molecule is CCCNS(=O)(=O)NCc1cccc(C#N)c1. The Balaban J connectivity index is 2.58. The summed E-state index contributed by atoms with van der Waals surface area (Å²) >= 11 is 0. The van der Waals surface area contributed by atoms with Crippen LogP contribution in [0.1, 0.15) is 24.5 Å². The van der Waals surface area contributed by atoms with E-state index in [4.69, 9.17) is 5.26 Å². The lowest BCUT2D eigenvalue weighted by molar-refractivity contribution is 0.565. The first-order valence-corrected chi connectivity index (χ1v) is 6.79. The molecule has 0 saturated heterocycles. The van der Waals surface area contributed by atoms with Crippen molar-refractivity contribution in [2.24, 2.45) is 0 Å². The van der Waals surface area contributed by atoms with Crippen LogP contribution in [0, 0.1) is 11.3 Å². The Morgan fingerprint density at radius 3 is 2.76 bits per heavy atom. The Kier molecular flexibility index (Phi) is 5.10. The van der Waals surface area contributed by atoms with E-state index >= 15 is 0 Å². The van der Waals surface area contributed by atoms with Crippen LogP contribution in [0.15, 0.2) is 24.3 Å². The van der Waals surface area contributed by atoms with Crippen LogP contribution in [-0.2, 0) is 16.8 Å². The topological polar surface area (TPSA) is 82.0 Å². The number of hydrogen-bond donors (Lipinski definition) is 2. The van der Waals surface area contributed by atoms with Crippen molar-refractivity contribution in [3.63, 3.8) is 0 Å². The van der Waals surface area contributed by atoms with Crippen molar-refractivity contribution >= 4 is 10.2 Å². The van der Waals surface area contributed by atoms with E-state index in [1.807, 2.05) is 13.0 Å². The van der Waals surface area contributed by atoms with E-state index in [2.05, 4.69) is 9.44 Å². The highest BCUT2D eigenvalue weighted by molar-refractivity contribution is 7.87. The second-order valence-corrected chi connectivity index (χ2v) is 5.12. The normalized spacial score (nSPS) is 11.1. The molecule has 0 radical (unpaired) electrons. The van der Waals surface area contributed by atoms with Crippen LogP contribution in [0.25, 0.3) is 0 Å². The standard InChI is InChI=1S/C11H15N3O2S/c1-2-6-13-17(15,16)14-9-11-5-3-4-10(7-11)8-12/h3-5,7,13-14H,2,6,9H2,1H3. The first-order chi connectivity index (χ1) is 8.07. The van der Waals surface area contributed by atoms with Crippen LogP contribution >= 0.6 is 0 Å². The summed E-state index contributed by atoms with van der Waals surface area (Å²) in [5, 5.41) is 8.71. The van der Waals surface area contributed by atoms with E-state index < -0.39 is 10.2 Å². The molecule has 17 heavy (non-hydrogen) atoms. The third kappa shape index (κ3) is 4.95. The van der Waals surface area contributed by atoms with Gasteiger partial charge in [-0.15, -0.1) is 0 Å². The lowest BCUT2D eigenvalue weighted by atomic mass is 10.1. The number of nitrogens with one attached hydrogen (secondary N) is 2. The molecule has 5 nitrogen and oxygen atoms in total. The van der Waals surface area contributed by atoms with E-state index in [1.165, 1.54) is 0 Å². The molecule has 0 spiro atoms. The molecule has 0 fully saturated rings. The fraction of sp³-hybridized carbons (Fsp3) is 0.364. The fourth-order valence-electron chi connectivity index (χ4n) is 1.22. The average molecular weight is 253 g/mol. The molecule has 0 bridgehead atoms. The Morgan fingerprint density at radius 2 is 2.12 bits per heavy atom. The zero-order valence-corrected chi connectivity index (χ0v) is 10.4. The van der Waals surface area contributed by atoms with Gasteiger partial charge in [-0.05, 0) is 24.1 Å². The zero-order chi connectivity index (χ0) is 12.7. The van der Waals surface area contributed by atoms with E-state index in [1.54, 1.807) is 24.3 Å². The summed E-state index contributed by atoms with van der Waals surface area (Å²) in [6, 6.07) is 8.83. The highest BCUT2D eigenvalue weighted by atomic mass is 32.2. The van der Waals surface area contributed by atoms with Gasteiger partial charge in [0, 0.05) is 13.1 Å². The molecule has 6 heteroatoms. The molecule has 0 aliphatic carbocycles. The van der Waals surface area contributed by atoms with Crippen molar-refractivity contribution in [3.05, 3.63) is 35.4 Å². The lowest BCUT2D eigenvalue weighted by Gasteiger charge is -2.07. The molecule has 0 aromatic heterocycles. The third-order valence-corrected chi connectivity index (χ3v) is 3.17. The summed E-state index contributed by atoms with van der Waals surface area (Å²) in [5.41, 5.74) is 1.27. The largest absolute Gasteiger partial charge is 0.277 e. The average Bonchev–Trinajstić information content (AvgIpc) is 2.34. The summed E-state index contributed by atoms with van der Waals surface area (Å²) in [4.78, 5) is 0. The molecule has 1 rings (SSSR count). The predicted octanol–water partition coefficient (Wildman–Crippen LogP) is 0.892. The van der Waals surface area contributed by atoms with Gasteiger partial charge in [-0.3, -0.25) is 0 Å². The number of nitrogens with zero attached hydrogens (tertiary/aromatic N) is 1. The van der Waals surface area contributed by atoms with Gasteiger partial charge < -0.3 is 0 Å². The van der Waals surface area contributed by atoms with Crippen LogP contribution in [-0.4, -0.2) is 15.0 Å². The zero-order valence-electron chi connectivity index (χ0n) is 9.60. The Hall–Kier alpha value is -1.42. The van der Waals surface area contributed by atoms with Crippen LogP contribution in [0.4, 0.5) is 0 Å². The minimum absolute atomic E-state index is 0.175. The van der Waals surface area contributed by atoms with Gasteiger partial charge in [0.2, 0.25) is 0 Å². The minimum atomic E-state index is -3.44. The van der Waals surface area contributed by atoms with Crippen molar-refractivity contribution < 1.29 is 8.42 Å². The first kappa shape index (κ1) is 13.6. The molecule has 0 atom stereocenters. The smallest absolute Gasteiger partial charge is 0.202 e. The molecule has 1 aromatic rings. The summed E-state index contributed by atoms with van der Waals surface area (Å²) in [5.74, 6) is 0. The number of rotatable bonds is 6. The maximum atomic E-state index is 11.4. The van der Waals surface area contributed by atoms with Gasteiger partial charge in [-0.25, -0.2) is 4.72 Å². The van der Waals surface area contributed by atoms with Gasteiger partial charge in [0.1, 0.15) is 0 Å². The maximum Gasteiger partial charge on any atom is 0.277 e. The Labute approximate surface area is 102 Å². The Morgan fingerprint density at radius 1 is 1.35 bits per heavy atom. The lowest BCUT2D eigenvalue weighted by Crippen LogP contribution is -2.36. The van der Waals surface area contributed by atoms with Gasteiger partial charge >= 0.3 is 0 Å². The summed E-state index contributed by atoms with van der Waals surface area (Å²) < 4.78 is 27.7. The van der Waals surface area contributed by atoms with Crippen molar-refractivity contribution in [2.75, 3.05) is 6.54 Å². The molecule has 0 amide bonds. The van der Waals surface area contributed by atoms with Crippen molar-refractivity contribution in [2.45, 2.75) is 19.9 Å². The molecule has 2 N–H and O–H groups in total. The highest BCUT2D eigenvalue weighted by Crippen LogP contribution is 2.03. The van der Waals surface area contributed by atoms with Crippen LogP contribution in [0.2, 0.25) is 0 Å². The molecular weight excluding hydrogens is 238 g/mol. The second-order valence-electron chi connectivity index (χ2n) is 3.53. The molecule has 0 aliphatic heterocycles. The second kappa shape index (κ2) is 6.35. The van der Waals surface area contributed by atoms with Crippen molar-refractivity contribution in [1.82, 2.24) is 9.44 Å². The van der Waals surface area contributed by atoms with Gasteiger partial charge in [-0.2, -0.15) is 18.4 Å². The monoisotopic (exact) mass is 253 g/mol. The molecule has 0 saturated carbocycles. The van der Waals surface area contributed by atoms with Crippen molar-refractivity contribution in [3.8, 4) is 6.07 Å². The summed E-state index contributed by atoms with van der Waals surface area (Å²) in [6.07, 6.45) is 0.741. The first-order valence-electron chi connectivity index (χ1n) is 5.30. The van der Waals surface area contributed by atoms with Gasteiger partial charge in [-0.1, -0.05) is 19.1 Å². The molecular formula is C11H15N3O2S. The van der Waals surface area contributed by atoms with Gasteiger partial charge in [0.05, 0.1) is 11.6 Å². The molecule has 92 valence electrons. The predicted molar refractivity (Wildman–Crippen MR) is 65.2 cm³/mol. The van der Waals surface area contributed by atoms with Gasteiger partial charge in [0.15, 0.2) is 0 Å². The summed E-state index contributed by atoms with van der Waals surface area (Å²) in [6.45, 7) is 2.47. The van der Waals surface area contributed by atoms with E-state index in [0.717, 1.165) is 12.0 Å². The number of benzene rings is 1. The molecule has 0 aliphatic rings. The van der Waals surface area contributed by atoms with Crippen LogP contribution in [0.3, 0.4) is 0 Å². The summed E-state index contributed by atoms with van der Waals surface area (Å²) in [7, 11) is -3.44. The minimum Gasteiger partial charge on any atom is -0.202 e. The molecule has 0 unspecified atom stereocenters.